The molecular weight excluding hydrogens is 520 g/mol. The van der Waals surface area contributed by atoms with Crippen molar-refractivity contribution in [2.45, 2.75) is 64.4 Å². The number of benzene rings is 3. The molecule has 40 heavy (non-hydrogen) atoms. The normalized spacial score (nSPS) is 15.1. The average Bonchev–Trinajstić information content (AvgIpc) is 2.97. The van der Waals surface area contributed by atoms with Gasteiger partial charge in [-0.25, -0.2) is 0 Å². The van der Waals surface area contributed by atoms with E-state index in [1.807, 2.05) is 56.3 Å². The molecule has 1 aliphatic rings. The number of methoxy groups -OCH3 is 1. The van der Waals surface area contributed by atoms with Crippen molar-refractivity contribution in [1.29, 1.82) is 0 Å². The number of nitrogens with zero attached hydrogens (tertiary/aromatic N) is 1. The molecule has 0 spiro atoms. The van der Waals surface area contributed by atoms with Crippen molar-refractivity contribution in [2.24, 2.45) is 5.92 Å². The maximum Gasteiger partial charge on any atom is 0.226 e. The number of anilines is 1. The van der Waals surface area contributed by atoms with E-state index in [-0.39, 0.29) is 17.9 Å². The predicted molar refractivity (Wildman–Crippen MR) is 165 cm³/mol. The molecule has 0 radical (unpaired) electrons. The van der Waals surface area contributed by atoms with Gasteiger partial charge in [-0.15, -0.1) is 0 Å². The largest absolute Gasteiger partial charge is 0.497 e. The summed E-state index contributed by atoms with van der Waals surface area (Å²) in [5.41, 5.74) is 3.40. The van der Waals surface area contributed by atoms with Crippen LogP contribution in [0.5, 0.6) is 11.5 Å². The Kier molecular flexibility index (Phi) is 11.3. The van der Waals surface area contributed by atoms with Crippen LogP contribution in [0.4, 0.5) is 5.69 Å². The highest BCUT2D eigenvalue weighted by Crippen LogP contribution is 2.31. The lowest BCUT2D eigenvalue weighted by Crippen LogP contribution is -2.33. The third-order valence-corrected chi connectivity index (χ3v) is 8.01. The Hall–Kier alpha value is -3.02. The van der Waals surface area contributed by atoms with Crippen LogP contribution < -0.4 is 14.8 Å². The number of nitrogens with one attached hydrogen (secondary N) is 1. The molecule has 3 aromatic carbocycles. The number of rotatable bonds is 13. The molecule has 1 N–H and O–H groups in total. The number of amides is 1. The van der Waals surface area contributed by atoms with E-state index in [4.69, 9.17) is 21.1 Å². The molecule has 1 atom stereocenters. The zero-order valence-electron chi connectivity index (χ0n) is 24.1. The fraction of sp³-hybridized carbons (Fsp3) is 0.441. The van der Waals surface area contributed by atoms with Gasteiger partial charge in [-0.1, -0.05) is 56.1 Å². The van der Waals surface area contributed by atoms with Crippen molar-refractivity contribution in [1.82, 2.24) is 4.90 Å². The highest BCUT2D eigenvalue weighted by Gasteiger charge is 2.21. The minimum absolute atomic E-state index is 0.0116. The minimum Gasteiger partial charge on any atom is -0.497 e. The molecule has 1 saturated heterocycles. The highest BCUT2D eigenvalue weighted by atomic mass is 35.5. The van der Waals surface area contributed by atoms with E-state index in [1.165, 1.54) is 18.4 Å². The number of unbranched alkanes of at least 4 members (excludes halogenated alkanes) is 2. The standard InChI is InChI=1S/C34H43ClN2O3/c1-25(2)34(38)36-30-9-7-8-28(24-30)26-19-22-37(23-20-26)21-6-4-5-10-33(27-11-13-29(35)14-12-27)40-32-17-15-31(39-3)16-18-32/h7-9,11-18,24-26,33H,4-6,10,19-23H2,1-3H3,(H,36,38). The van der Waals surface area contributed by atoms with Gasteiger partial charge in [-0.05, 0) is 117 Å². The van der Waals surface area contributed by atoms with Gasteiger partial charge >= 0.3 is 0 Å². The Morgan fingerprint density at radius 1 is 0.950 bits per heavy atom. The molecule has 214 valence electrons. The highest BCUT2D eigenvalue weighted by molar-refractivity contribution is 6.30. The van der Waals surface area contributed by atoms with Gasteiger partial charge in [-0.2, -0.15) is 0 Å². The van der Waals surface area contributed by atoms with Gasteiger partial charge in [0.05, 0.1) is 7.11 Å². The number of carbonyl (C=O) groups is 1. The molecular formula is C34H43ClN2O3. The molecule has 4 rings (SSSR count). The van der Waals surface area contributed by atoms with E-state index in [0.29, 0.717) is 5.92 Å². The van der Waals surface area contributed by atoms with Crippen molar-refractivity contribution in [3.63, 3.8) is 0 Å². The van der Waals surface area contributed by atoms with E-state index in [2.05, 4.69) is 40.5 Å². The van der Waals surface area contributed by atoms with Crippen LogP contribution in [-0.2, 0) is 4.79 Å². The molecule has 0 saturated carbocycles. The Labute approximate surface area is 244 Å². The maximum absolute atomic E-state index is 12.1. The monoisotopic (exact) mass is 562 g/mol. The van der Waals surface area contributed by atoms with E-state index < -0.39 is 0 Å². The van der Waals surface area contributed by atoms with E-state index in [0.717, 1.165) is 73.1 Å². The first-order chi connectivity index (χ1) is 19.4. The molecule has 0 aromatic heterocycles. The summed E-state index contributed by atoms with van der Waals surface area (Å²) in [4.78, 5) is 14.7. The molecule has 1 amide bonds. The molecule has 3 aromatic rings. The molecule has 1 unspecified atom stereocenters. The van der Waals surface area contributed by atoms with Gasteiger partial charge in [0.25, 0.3) is 0 Å². The van der Waals surface area contributed by atoms with Gasteiger partial charge in [0.15, 0.2) is 0 Å². The van der Waals surface area contributed by atoms with E-state index in [9.17, 15) is 4.79 Å². The summed E-state index contributed by atoms with van der Waals surface area (Å²) in [5, 5.41) is 3.78. The fourth-order valence-corrected chi connectivity index (χ4v) is 5.40. The van der Waals surface area contributed by atoms with Crippen molar-refractivity contribution in [3.05, 3.63) is 88.9 Å². The predicted octanol–water partition coefficient (Wildman–Crippen LogP) is 8.50. The number of piperidine rings is 1. The van der Waals surface area contributed by atoms with Crippen molar-refractivity contribution in [2.75, 3.05) is 32.1 Å². The summed E-state index contributed by atoms with van der Waals surface area (Å²) in [5.74, 6) is 2.27. The molecule has 1 fully saturated rings. The van der Waals surface area contributed by atoms with Gasteiger partial charge in [0, 0.05) is 16.6 Å². The molecule has 1 aliphatic heterocycles. The number of hydrogen-bond donors (Lipinski definition) is 1. The van der Waals surface area contributed by atoms with E-state index in [1.54, 1.807) is 7.11 Å². The Morgan fingerprint density at radius 2 is 1.65 bits per heavy atom. The Balaban J connectivity index is 1.21. The maximum atomic E-state index is 12.1. The zero-order chi connectivity index (χ0) is 28.3. The number of likely N-dealkylation sites (tertiary alicyclic amines) is 1. The van der Waals surface area contributed by atoms with Crippen LogP contribution in [0.25, 0.3) is 0 Å². The molecule has 6 heteroatoms. The minimum atomic E-state index is -0.0174. The fourth-order valence-electron chi connectivity index (χ4n) is 5.28. The summed E-state index contributed by atoms with van der Waals surface area (Å²) >= 11 is 6.13. The lowest BCUT2D eigenvalue weighted by atomic mass is 9.89. The second-order valence-electron chi connectivity index (χ2n) is 11.1. The second-order valence-corrected chi connectivity index (χ2v) is 11.5. The second kappa shape index (κ2) is 15.1. The number of hydrogen-bond acceptors (Lipinski definition) is 4. The lowest BCUT2D eigenvalue weighted by molar-refractivity contribution is -0.118. The van der Waals surface area contributed by atoms with Crippen LogP contribution in [0, 0.1) is 5.92 Å². The van der Waals surface area contributed by atoms with Crippen LogP contribution in [0.2, 0.25) is 5.02 Å². The first kappa shape index (κ1) is 30.0. The number of carbonyl (C=O) groups excluding carboxylic acids is 1. The third kappa shape index (κ3) is 9.00. The molecule has 5 nitrogen and oxygen atoms in total. The van der Waals surface area contributed by atoms with Crippen LogP contribution in [-0.4, -0.2) is 37.6 Å². The van der Waals surface area contributed by atoms with Crippen molar-refractivity contribution >= 4 is 23.2 Å². The summed E-state index contributed by atoms with van der Waals surface area (Å²) in [6.45, 7) is 7.23. The zero-order valence-corrected chi connectivity index (χ0v) is 24.8. The number of halogens is 1. The summed E-state index contributed by atoms with van der Waals surface area (Å²) in [6.07, 6.45) is 6.74. The summed E-state index contributed by atoms with van der Waals surface area (Å²) in [6, 6.07) is 24.2. The van der Waals surface area contributed by atoms with Crippen LogP contribution in [0.1, 0.15) is 75.5 Å². The summed E-state index contributed by atoms with van der Waals surface area (Å²) < 4.78 is 11.7. The van der Waals surface area contributed by atoms with Gasteiger partial charge < -0.3 is 19.7 Å². The van der Waals surface area contributed by atoms with Gasteiger partial charge in [0.1, 0.15) is 17.6 Å². The van der Waals surface area contributed by atoms with Gasteiger partial charge in [0.2, 0.25) is 5.91 Å². The Bertz CT molecular complexity index is 1190. The summed E-state index contributed by atoms with van der Waals surface area (Å²) in [7, 11) is 1.67. The molecule has 1 heterocycles. The SMILES string of the molecule is COc1ccc(OC(CCCCCN2CCC(c3cccc(NC(=O)C(C)C)c3)CC2)c2ccc(Cl)cc2)cc1. The Morgan fingerprint density at radius 3 is 2.33 bits per heavy atom. The lowest BCUT2D eigenvalue weighted by Gasteiger charge is -2.32. The van der Waals surface area contributed by atoms with Crippen molar-refractivity contribution in [3.8, 4) is 11.5 Å². The molecule has 0 aliphatic carbocycles. The number of ether oxygens (including phenoxy) is 2. The van der Waals surface area contributed by atoms with Crippen molar-refractivity contribution < 1.29 is 14.3 Å². The first-order valence-corrected chi connectivity index (χ1v) is 15.0. The smallest absolute Gasteiger partial charge is 0.226 e. The van der Waals surface area contributed by atoms with E-state index >= 15 is 0 Å². The average molecular weight is 563 g/mol. The topological polar surface area (TPSA) is 50.8 Å². The quantitative estimate of drug-likeness (QED) is 0.212. The van der Waals surface area contributed by atoms with Crippen LogP contribution >= 0.6 is 11.6 Å². The third-order valence-electron chi connectivity index (χ3n) is 7.76. The van der Waals surface area contributed by atoms with Crippen LogP contribution in [0.15, 0.2) is 72.8 Å². The molecule has 0 bridgehead atoms. The van der Waals surface area contributed by atoms with Crippen LogP contribution in [0.3, 0.4) is 0 Å². The van der Waals surface area contributed by atoms with Gasteiger partial charge in [-0.3, -0.25) is 4.79 Å². The first-order valence-electron chi connectivity index (χ1n) is 14.6.